The van der Waals surface area contributed by atoms with Gasteiger partial charge in [-0.25, -0.2) is 4.98 Å². The van der Waals surface area contributed by atoms with E-state index in [0.717, 1.165) is 13.1 Å². The number of nitrogens with zero attached hydrogens (tertiary/aromatic N) is 3. The smallest absolute Gasteiger partial charge is 0.242 e. The molecule has 0 aliphatic rings. The average Bonchev–Trinajstić information content (AvgIpc) is 2.29. The van der Waals surface area contributed by atoms with Crippen LogP contribution in [0.1, 0.15) is 26.6 Å². The van der Waals surface area contributed by atoms with E-state index < -0.39 is 0 Å². The van der Waals surface area contributed by atoms with Gasteiger partial charge in [-0.05, 0) is 14.1 Å². The van der Waals surface area contributed by atoms with Crippen molar-refractivity contribution in [3.63, 3.8) is 0 Å². The number of nitrogen functional groups attached to an aromatic ring is 1. The number of ether oxygens (including phenoxy) is 1. The van der Waals surface area contributed by atoms with Crippen molar-refractivity contribution in [2.75, 3.05) is 45.3 Å². The minimum atomic E-state index is -0.154. The third-order valence-electron chi connectivity index (χ3n) is 2.63. The van der Waals surface area contributed by atoms with Gasteiger partial charge in [0.1, 0.15) is 11.5 Å². The number of likely N-dealkylation sites (N-methyl/N-ethyl adjacent to an activating group) is 1. The van der Waals surface area contributed by atoms with Crippen LogP contribution in [-0.4, -0.2) is 49.2 Å². The van der Waals surface area contributed by atoms with Gasteiger partial charge in [-0.2, -0.15) is 4.98 Å². The molecule has 0 saturated heterocycles. The van der Waals surface area contributed by atoms with E-state index in [4.69, 9.17) is 10.5 Å². The van der Waals surface area contributed by atoms with E-state index >= 15 is 0 Å². The molecule has 6 heteroatoms. The summed E-state index contributed by atoms with van der Waals surface area (Å²) < 4.78 is 5.22. The Labute approximate surface area is 115 Å². The molecule has 0 saturated carbocycles. The van der Waals surface area contributed by atoms with Gasteiger partial charge < -0.3 is 20.7 Å². The average molecular weight is 267 g/mol. The van der Waals surface area contributed by atoms with Crippen molar-refractivity contribution < 1.29 is 4.74 Å². The van der Waals surface area contributed by atoms with Gasteiger partial charge in [0.15, 0.2) is 5.82 Å². The Morgan fingerprint density at radius 2 is 1.89 bits per heavy atom. The van der Waals surface area contributed by atoms with Crippen LogP contribution in [0.5, 0.6) is 5.88 Å². The molecule has 6 nitrogen and oxygen atoms in total. The maximum Gasteiger partial charge on any atom is 0.242 e. The van der Waals surface area contributed by atoms with Crippen molar-refractivity contribution >= 4 is 11.5 Å². The Kier molecular flexibility index (Phi) is 4.94. The van der Waals surface area contributed by atoms with Gasteiger partial charge in [0, 0.05) is 18.5 Å². The molecule has 108 valence electrons. The number of hydrogen-bond donors (Lipinski definition) is 2. The van der Waals surface area contributed by atoms with Crippen LogP contribution in [0.3, 0.4) is 0 Å². The molecule has 0 aromatic carbocycles. The predicted octanol–water partition coefficient (Wildman–Crippen LogP) is 1.34. The maximum absolute atomic E-state index is 6.00. The first kappa shape index (κ1) is 15.5. The molecule has 19 heavy (non-hydrogen) atoms. The number of aromatic nitrogens is 2. The number of rotatable bonds is 5. The Morgan fingerprint density at radius 3 is 2.37 bits per heavy atom. The molecule has 0 unspecified atom stereocenters. The van der Waals surface area contributed by atoms with Crippen LogP contribution in [0.2, 0.25) is 0 Å². The van der Waals surface area contributed by atoms with E-state index in [1.807, 2.05) is 14.1 Å². The molecule has 0 aliphatic carbocycles. The van der Waals surface area contributed by atoms with E-state index in [9.17, 15) is 0 Å². The van der Waals surface area contributed by atoms with E-state index in [0.29, 0.717) is 23.2 Å². The van der Waals surface area contributed by atoms with Crippen LogP contribution < -0.4 is 15.8 Å². The Morgan fingerprint density at radius 1 is 1.26 bits per heavy atom. The van der Waals surface area contributed by atoms with Crippen molar-refractivity contribution in [3.05, 3.63) is 5.82 Å². The predicted molar refractivity (Wildman–Crippen MR) is 78.7 cm³/mol. The van der Waals surface area contributed by atoms with E-state index in [1.165, 1.54) is 0 Å². The molecule has 0 amide bonds. The van der Waals surface area contributed by atoms with Gasteiger partial charge in [0.05, 0.1) is 7.11 Å². The van der Waals surface area contributed by atoms with Gasteiger partial charge in [0.25, 0.3) is 0 Å². The van der Waals surface area contributed by atoms with E-state index in [1.54, 1.807) is 7.11 Å². The van der Waals surface area contributed by atoms with Gasteiger partial charge in [-0.15, -0.1) is 0 Å². The normalized spacial score (nSPS) is 11.7. The number of hydrogen-bond acceptors (Lipinski definition) is 6. The zero-order valence-corrected chi connectivity index (χ0v) is 12.7. The summed E-state index contributed by atoms with van der Waals surface area (Å²) >= 11 is 0. The highest BCUT2D eigenvalue weighted by molar-refractivity contribution is 5.67. The monoisotopic (exact) mass is 267 g/mol. The molecular weight excluding hydrogens is 242 g/mol. The molecule has 1 aromatic rings. The summed E-state index contributed by atoms with van der Waals surface area (Å²) in [6.45, 7) is 7.84. The van der Waals surface area contributed by atoms with Crippen LogP contribution in [0, 0.1) is 0 Å². The third-order valence-corrected chi connectivity index (χ3v) is 2.63. The minimum absolute atomic E-state index is 0.154. The van der Waals surface area contributed by atoms with Crippen LogP contribution in [0.4, 0.5) is 11.5 Å². The summed E-state index contributed by atoms with van der Waals surface area (Å²) in [6.07, 6.45) is 0. The molecule has 1 rings (SSSR count). The summed E-state index contributed by atoms with van der Waals surface area (Å²) in [5.74, 6) is 1.77. The second-order valence-corrected chi connectivity index (χ2v) is 5.80. The lowest BCUT2D eigenvalue weighted by atomic mass is 9.96. The van der Waals surface area contributed by atoms with Crippen molar-refractivity contribution in [3.8, 4) is 5.88 Å². The lowest BCUT2D eigenvalue weighted by Gasteiger charge is -2.20. The summed E-state index contributed by atoms with van der Waals surface area (Å²) in [4.78, 5) is 10.9. The van der Waals surface area contributed by atoms with Gasteiger partial charge in [0.2, 0.25) is 5.88 Å². The molecule has 0 bridgehead atoms. The van der Waals surface area contributed by atoms with Gasteiger partial charge >= 0.3 is 0 Å². The lowest BCUT2D eigenvalue weighted by Crippen LogP contribution is -2.23. The first-order valence-corrected chi connectivity index (χ1v) is 6.36. The van der Waals surface area contributed by atoms with Crippen molar-refractivity contribution in [1.82, 2.24) is 14.9 Å². The molecule has 0 atom stereocenters. The largest absolute Gasteiger partial charge is 0.479 e. The van der Waals surface area contributed by atoms with E-state index in [2.05, 4.69) is 41.0 Å². The molecule has 1 aromatic heterocycles. The van der Waals surface area contributed by atoms with Crippen molar-refractivity contribution in [2.24, 2.45) is 0 Å². The van der Waals surface area contributed by atoms with Crippen molar-refractivity contribution in [1.29, 1.82) is 0 Å². The van der Waals surface area contributed by atoms with Gasteiger partial charge in [-0.1, -0.05) is 20.8 Å². The molecule has 3 N–H and O–H groups in total. The summed E-state index contributed by atoms with van der Waals surface area (Å²) in [5.41, 5.74) is 6.30. The first-order valence-electron chi connectivity index (χ1n) is 6.36. The Hall–Kier alpha value is -1.56. The standard InChI is InChI=1S/C13H25N5O/c1-13(2,3)12-16-10(15-7-8-18(4)5)9(14)11(17-12)19-6/h7-8,14H2,1-6H3,(H,15,16,17). The molecular formula is C13H25N5O. The molecule has 0 radical (unpaired) electrons. The van der Waals surface area contributed by atoms with E-state index in [-0.39, 0.29) is 5.41 Å². The quantitative estimate of drug-likeness (QED) is 0.838. The SMILES string of the molecule is COc1nc(C(C)(C)C)nc(NCCN(C)C)c1N. The maximum atomic E-state index is 6.00. The molecule has 1 heterocycles. The topological polar surface area (TPSA) is 76.3 Å². The third kappa shape index (κ3) is 4.24. The minimum Gasteiger partial charge on any atom is -0.479 e. The highest BCUT2D eigenvalue weighted by Gasteiger charge is 2.21. The summed E-state index contributed by atoms with van der Waals surface area (Å²) in [5, 5.41) is 3.23. The van der Waals surface area contributed by atoms with Crippen molar-refractivity contribution in [2.45, 2.75) is 26.2 Å². The molecule has 0 spiro atoms. The number of nitrogens with one attached hydrogen (secondary N) is 1. The highest BCUT2D eigenvalue weighted by atomic mass is 16.5. The summed E-state index contributed by atoms with van der Waals surface area (Å²) in [6, 6.07) is 0. The Balaban J connectivity index is 3.01. The van der Waals surface area contributed by atoms with Gasteiger partial charge in [-0.3, -0.25) is 0 Å². The zero-order valence-electron chi connectivity index (χ0n) is 12.7. The fraction of sp³-hybridized carbons (Fsp3) is 0.692. The molecule has 0 fully saturated rings. The zero-order chi connectivity index (χ0) is 14.6. The van der Waals surface area contributed by atoms with Crippen LogP contribution >= 0.6 is 0 Å². The number of anilines is 2. The summed E-state index contributed by atoms with van der Waals surface area (Å²) in [7, 11) is 5.60. The highest BCUT2D eigenvalue weighted by Crippen LogP contribution is 2.29. The fourth-order valence-electron chi connectivity index (χ4n) is 1.47. The number of methoxy groups -OCH3 is 1. The number of nitrogens with two attached hydrogens (primary N) is 1. The van der Waals surface area contributed by atoms with Crippen LogP contribution in [0.25, 0.3) is 0 Å². The Bertz CT molecular complexity index is 426. The lowest BCUT2D eigenvalue weighted by molar-refractivity contribution is 0.391. The van der Waals surface area contributed by atoms with Crippen LogP contribution in [0.15, 0.2) is 0 Å². The first-order chi connectivity index (χ1) is 8.75. The molecule has 0 aliphatic heterocycles. The second-order valence-electron chi connectivity index (χ2n) is 5.80. The fourth-order valence-corrected chi connectivity index (χ4v) is 1.47. The van der Waals surface area contributed by atoms with Crippen LogP contribution in [-0.2, 0) is 5.41 Å². The second kappa shape index (κ2) is 6.06.